The SMILES string of the molecule is CC(C)[C@@H](C)OCC1(CN2CC3CC3C2)CC1. The first-order chi connectivity index (χ1) is 8.08. The van der Waals surface area contributed by atoms with Crippen LogP contribution in [0.4, 0.5) is 0 Å². The van der Waals surface area contributed by atoms with Crippen LogP contribution >= 0.6 is 0 Å². The van der Waals surface area contributed by atoms with Crippen LogP contribution in [0.3, 0.4) is 0 Å². The molecule has 0 aromatic carbocycles. The first-order valence-corrected chi connectivity index (χ1v) is 7.42. The Labute approximate surface area is 106 Å². The second kappa shape index (κ2) is 4.24. The second-order valence-corrected chi connectivity index (χ2v) is 7.21. The zero-order chi connectivity index (χ0) is 12.0. The maximum Gasteiger partial charge on any atom is 0.0570 e. The Hall–Kier alpha value is -0.0800. The van der Waals surface area contributed by atoms with Crippen LogP contribution < -0.4 is 0 Å². The van der Waals surface area contributed by atoms with Gasteiger partial charge in [0.25, 0.3) is 0 Å². The zero-order valence-electron chi connectivity index (χ0n) is 11.6. The number of hydrogen-bond donors (Lipinski definition) is 0. The smallest absolute Gasteiger partial charge is 0.0570 e. The quantitative estimate of drug-likeness (QED) is 0.704. The van der Waals surface area contributed by atoms with Crippen LogP contribution in [-0.4, -0.2) is 37.2 Å². The standard InChI is InChI=1S/C15H27NO/c1-11(2)12(3)17-10-15(4-5-15)9-16-7-13-6-14(13)8-16/h11-14H,4-10H2,1-3H3/t12-,13?,14?/m1/s1. The lowest BCUT2D eigenvalue weighted by Gasteiger charge is -2.26. The lowest BCUT2D eigenvalue weighted by Crippen LogP contribution is -2.33. The summed E-state index contributed by atoms with van der Waals surface area (Å²) in [7, 11) is 0. The van der Waals surface area contributed by atoms with Crippen LogP contribution in [0.25, 0.3) is 0 Å². The van der Waals surface area contributed by atoms with Gasteiger partial charge in [-0.15, -0.1) is 0 Å². The number of ether oxygens (including phenoxy) is 1. The molecule has 2 unspecified atom stereocenters. The monoisotopic (exact) mass is 237 g/mol. The molecule has 0 radical (unpaired) electrons. The van der Waals surface area contributed by atoms with Crippen molar-refractivity contribution in [3.63, 3.8) is 0 Å². The molecule has 98 valence electrons. The molecule has 0 spiro atoms. The summed E-state index contributed by atoms with van der Waals surface area (Å²) in [5.41, 5.74) is 0.542. The highest BCUT2D eigenvalue weighted by Crippen LogP contribution is 2.51. The third-order valence-electron chi connectivity index (χ3n) is 5.16. The molecule has 0 aromatic rings. The Morgan fingerprint density at radius 2 is 1.82 bits per heavy atom. The van der Waals surface area contributed by atoms with Crippen molar-refractivity contribution >= 4 is 0 Å². The summed E-state index contributed by atoms with van der Waals surface area (Å²) in [4.78, 5) is 2.70. The van der Waals surface area contributed by atoms with E-state index in [4.69, 9.17) is 4.74 Å². The molecule has 3 rings (SSSR count). The van der Waals surface area contributed by atoms with E-state index in [1.807, 2.05) is 0 Å². The van der Waals surface area contributed by atoms with Crippen molar-refractivity contribution in [1.82, 2.24) is 4.90 Å². The van der Waals surface area contributed by atoms with Gasteiger partial charge >= 0.3 is 0 Å². The van der Waals surface area contributed by atoms with E-state index in [-0.39, 0.29) is 0 Å². The molecule has 3 atom stereocenters. The van der Waals surface area contributed by atoms with Gasteiger partial charge in [-0.25, -0.2) is 0 Å². The zero-order valence-corrected chi connectivity index (χ0v) is 11.6. The number of piperidine rings is 1. The summed E-state index contributed by atoms with van der Waals surface area (Å²) in [5, 5.41) is 0. The highest BCUT2D eigenvalue weighted by molar-refractivity contribution is 5.02. The molecule has 2 aliphatic carbocycles. The van der Waals surface area contributed by atoms with Gasteiger partial charge in [0.05, 0.1) is 12.7 Å². The minimum absolute atomic E-state index is 0.416. The molecule has 0 amide bonds. The molecule has 3 fully saturated rings. The van der Waals surface area contributed by atoms with Crippen molar-refractivity contribution < 1.29 is 4.74 Å². The maximum atomic E-state index is 6.05. The molecule has 2 nitrogen and oxygen atoms in total. The Balaban J connectivity index is 1.42. The molecule has 17 heavy (non-hydrogen) atoms. The Morgan fingerprint density at radius 3 is 2.35 bits per heavy atom. The largest absolute Gasteiger partial charge is 0.378 e. The normalized spacial score (nSPS) is 36.0. The lowest BCUT2D eigenvalue weighted by atomic mass is 10.1. The first-order valence-electron chi connectivity index (χ1n) is 7.42. The van der Waals surface area contributed by atoms with Crippen molar-refractivity contribution in [2.24, 2.45) is 23.2 Å². The summed E-state index contributed by atoms with van der Waals surface area (Å²) in [6.07, 6.45) is 4.72. The Morgan fingerprint density at radius 1 is 1.18 bits per heavy atom. The molecule has 2 heteroatoms. The fourth-order valence-corrected chi connectivity index (χ4v) is 3.12. The van der Waals surface area contributed by atoms with Gasteiger partial charge in [0, 0.05) is 25.0 Å². The van der Waals surface area contributed by atoms with E-state index >= 15 is 0 Å². The van der Waals surface area contributed by atoms with E-state index in [0.29, 0.717) is 17.4 Å². The van der Waals surface area contributed by atoms with E-state index < -0.39 is 0 Å². The lowest BCUT2D eigenvalue weighted by molar-refractivity contribution is -0.0000960. The van der Waals surface area contributed by atoms with Crippen LogP contribution in [-0.2, 0) is 4.74 Å². The highest BCUT2D eigenvalue weighted by atomic mass is 16.5. The third kappa shape index (κ3) is 2.68. The number of rotatable bonds is 6. The highest BCUT2D eigenvalue weighted by Gasteiger charge is 2.50. The molecule has 0 N–H and O–H groups in total. The molecule has 0 aromatic heterocycles. The minimum atomic E-state index is 0.416. The predicted octanol–water partition coefficient (Wildman–Crippen LogP) is 2.78. The summed E-state index contributed by atoms with van der Waals surface area (Å²) in [6.45, 7) is 11.8. The molecule has 3 aliphatic rings. The fraction of sp³-hybridized carbons (Fsp3) is 1.00. The van der Waals surface area contributed by atoms with Crippen LogP contribution in [0.5, 0.6) is 0 Å². The van der Waals surface area contributed by atoms with Crippen LogP contribution in [0.15, 0.2) is 0 Å². The van der Waals surface area contributed by atoms with Crippen LogP contribution in [0, 0.1) is 23.2 Å². The molecule has 0 bridgehead atoms. The molecular weight excluding hydrogens is 210 g/mol. The van der Waals surface area contributed by atoms with Gasteiger partial charge in [-0.1, -0.05) is 13.8 Å². The van der Waals surface area contributed by atoms with Crippen molar-refractivity contribution in [2.75, 3.05) is 26.2 Å². The molecule has 1 aliphatic heterocycles. The number of fused-ring (bicyclic) bond motifs is 1. The summed E-state index contributed by atoms with van der Waals surface area (Å²) < 4.78 is 6.05. The van der Waals surface area contributed by atoms with Crippen LogP contribution in [0.1, 0.15) is 40.0 Å². The molecule has 1 saturated heterocycles. The second-order valence-electron chi connectivity index (χ2n) is 7.21. The first kappa shape index (κ1) is 12.0. The topological polar surface area (TPSA) is 12.5 Å². The number of nitrogens with zero attached hydrogens (tertiary/aromatic N) is 1. The van der Waals surface area contributed by atoms with Gasteiger partial charge in [0.2, 0.25) is 0 Å². The fourth-order valence-electron chi connectivity index (χ4n) is 3.12. The number of hydrogen-bond acceptors (Lipinski definition) is 2. The maximum absolute atomic E-state index is 6.05. The Bertz CT molecular complexity index is 275. The summed E-state index contributed by atoms with van der Waals surface area (Å²) in [5.74, 6) is 2.79. The van der Waals surface area contributed by atoms with Gasteiger partial charge < -0.3 is 9.64 Å². The average Bonchev–Trinajstić information content (AvgIpc) is 3.17. The van der Waals surface area contributed by atoms with E-state index in [0.717, 1.165) is 18.4 Å². The Kier molecular flexibility index (Phi) is 2.99. The summed E-state index contributed by atoms with van der Waals surface area (Å²) >= 11 is 0. The van der Waals surface area contributed by atoms with Crippen molar-refractivity contribution in [3.05, 3.63) is 0 Å². The van der Waals surface area contributed by atoms with Gasteiger partial charge in [0.15, 0.2) is 0 Å². The average molecular weight is 237 g/mol. The predicted molar refractivity (Wildman–Crippen MR) is 70.0 cm³/mol. The van der Waals surface area contributed by atoms with Gasteiger partial charge in [-0.05, 0) is 43.9 Å². The number of likely N-dealkylation sites (tertiary alicyclic amines) is 1. The molecular formula is C15H27NO. The van der Waals surface area contributed by atoms with E-state index in [1.54, 1.807) is 0 Å². The molecule has 2 saturated carbocycles. The third-order valence-corrected chi connectivity index (χ3v) is 5.16. The van der Waals surface area contributed by atoms with Crippen LogP contribution in [0.2, 0.25) is 0 Å². The minimum Gasteiger partial charge on any atom is -0.378 e. The summed E-state index contributed by atoms with van der Waals surface area (Å²) in [6, 6.07) is 0. The van der Waals surface area contributed by atoms with Crippen molar-refractivity contribution in [2.45, 2.75) is 46.1 Å². The van der Waals surface area contributed by atoms with Crippen molar-refractivity contribution in [1.29, 1.82) is 0 Å². The molecule has 1 heterocycles. The van der Waals surface area contributed by atoms with Gasteiger partial charge in [-0.3, -0.25) is 0 Å². The van der Waals surface area contributed by atoms with Crippen molar-refractivity contribution in [3.8, 4) is 0 Å². The van der Waals surface area contributed by atoms with E-state index in [9.17, 15) is 0 Å². The van der Waals surface area contributed by atoms with E-state index in [2.05, 4.69) is 25.7 Å². The van der Waals surface area contributed by atoms with Gasteiger partial charge in [0.1, 0.15) is 0 Å². The van der Waals surface area contributed by atoms with Gasteiger partial charge in [-0.2, -0.15) is 0 Å². The van der Waals surface area contributed by atoms with E-state index in [1.165, 1.54) is 38.9 Å².